The van der Waals surface area contributed by atoms with E-state index >= 15 is 0 Å². The van der Waals surface area contributed by atoms with E-state index in [0.717, 1.165) is 42.4 Å². The molecular weight excluding hydrogens is 835 g/mol. The van der Waals surface area contributed by atoms with E-state index in [-0.39, 0.29) is 69.6 Å². The zero-order valence-corrected chi connectivity index (χ0v) is 37.5. The fraction of sp³-hybridized carbons (Fsp3) is 0.480. The van der Waals surface area contributed by atoms with Crippen LogP contribution in [0.3, 0.4) is 0 Å². The van der Waals surface area contributed by atoms with Crippen molar-refractivity contribution in [2.45, 2.75) is 102 Å². The van der Waals surface area contributed by atoms with Gasteiger partial charge < -0.3 is 43.5 Å². The summed E-state index contributed by atoms with van der Waals surface area (Å²) in [6.45, 7) is 14.1. The lowest BCUT2D eigenvalue weighted by molar-refractivity contribution is -0.384. The topological polar surface area (TPSA) is 181 Å². The number of ether oxygens (including phenoxy) is 6. The molecule has 6 unspecified atom stereocenters. The first-order valence-corrected chi connectivity index (χ1v) is 22.5. The van der Waals surface area contributed by atoms with Gasteiger partial charge >= 0.3 is 6.09 Å². The molecule has 4 aliphatic rings. The van der Waals surface area contributed by atoms with E-state index in [1.165, 1.54) is 12.1 Å². The van der Waals surface area contributed by atoms with E-state index in [0.29, 0.717) is 53.7 Å². The summed E-state index contributed by atoms with van der Waals surface area (Å²) < 4.78 is 38.2. The molecule has 2 heterocycles. The zero-order valence-electron chi connectivity index (χ0n) is 37.5. The average molecular weight is 896 g/mol. The van der Waals surface area contributed by atoms with Crippen LogP contribution >= 0.6 is 0 Å². The molecule has 2 N–H and O–H groups in total. The van der Waals surface area contributed by atoms with Crippen LogP contribution in [-0.4, -0.2) is 82.5 Å². The lowest BCUT2D eigenvalue weighted by Gasteiger charge is -2.60. The van der Waals surface area contributed by atoms with Crippen molar-refractivity contribution in [2.24, 2.45) is 22.9 Å². The molecule has 1 fully saturated rings. The van der Waals surface area contributed by atoms with Gasteiger partial charge in [0.15, 0.2) is 11.5 Å². The number of allylic oxidation sites excluding steroid dienone is 1. The molecule has 1 amide bonds. The third-order valence-electron chi connectivity index (χ3n) is 12.3. The monoisotopic (exact) mass is 895 g/mol. The summed E-state index contributed by atoms with van der Waals surface area (Å²) in [5, 5.41) is 36.6. The van der Waals surface area contributed by atoms with Gasteiger partial charge in [-0.3, -0.25) is 15.0 Å². The van der Waals surface area contributed by atoms with Crippen molar-refractivity contribution in [1.82, 2.24) is 4.90 Å². The molecule has 0 aromatic heterocycles. The van der Waals surface area contributed by atoms with E-state index in [4.69, 9.17) is 38.4 Å². The number of nitrogens with zero attached hydrogens (tertiary/aromatic N) is 3. The molecule has 65 heavy (non-hydrogen) atoms. The number of amides is 1. The number of unbranched alkanes of at least 4 members (excludes halogenated alkanes) is 2. The van der Waals surface area contributed by atoms with E-state index in [1.54, 1.807) is 35.3 Å². The minimum absolute atomic E-state index is 0.00844. The van der Waals surface area contributed by atoms with Gasteiger partial charge in [0.05, 0.1) is 35.8 Å². The summed E-state index contributed by atoms with van der Waals surface area (Å²) in [5.41, 5.74) is 2.31. The normalized spacial score (nSPS) is 23.3. The van der Waals surface area contributed by atoms with E-state index in [9.17, 15) is 25.1 Å². The Hall–Kier alpha value is -5.90. The molecule has 3 aromatic rings. The van der Waals surface area contributed by atoms with Gasteiger partial charge in [-0.25, -0.2) is 4.79 Å². The van der Waals surface area contributed by atoms with Crippen molar-refractivity contribution in [3.05, 3.63) is 119 Å². The maximum Gasteiger partial charge on any atom is 0.410 e. The molecule has 0 spiro atoms. The first-order valence-electron chi connectivity index (χ1n) is 22.5. The van der Waals surface area contributed by atoms with Crippen molar-refractivity contribution >= 4 is 17.5 Å². The summed E-state index contributed by atoms with van der Waals surface area (Å²) >= 11 is 0. The molecule has 3 aromatic carbocycles. The maximum absolute atomic E-state index is 14.8. The van der Waals surface area contributed by atoms with Gasteiger partial charge in [0.1, 0.15) is 28.9 Å². The number of benzene rings is 3. The highest BCUT2D eigenvalue weighted by atomic mass is 16.7. The molecule has 2 aliphatic carbocycles. The number of carbonyl (C=O) groups excluding carboxylic acids is 1. The van der Waals surface area contributed by atoms with Crippen molar-refractivity contribution in [1.29, 1.82) is 0 Å². The standard InChI is InChI=1S/C50H61N3O12/c1-6-8-25-59-48(56)52(31-33-18-20-43-44(26-33)61-32-60-43)45-30-41(51-65-49(3,4)5)39-27-34(14-9-11-22-54)38(17-10-12-23-55)46-40-29-37(63-36-16-13-15-35(28-36)53(57)58)19-21-42(40)64-50(45,47(39)46)62-24-7-2/h6-7,13,15-16,18-21,26-29,34,38,45-47,54-55H,1-2,8-12,14,17,22-25,30-32H2,3-5H3. The van der Waals surface area contributed by atoms with Crippen LogP contribution in [0.4, 0.5) is 10.5 Å². The van der Waals surface area contributed by atoms with Crippen LogP contribution in [0.25, 0.3) is 0 Å². The number of aliphatic hydroxyl groups is 2. The van der Waals surface area contributed by atoms with Crippen LogP contribution in [-0.2, 0) is 20.9 Å². The predicted molar refractivity (Wildman–Crippen MR) is 243 cm³/mol. The van der Waals surface area contributed by atoms with Crippen LogP contribution in [0.1, 0.15) is 89.2 Å². The van der Waals surface area contributed by atoms with E-state index in [1.807, 2.05) is 51.1 Å². The molecule has 0 radical (unpaired) electrons. The first-order chi connectivity index (χ1) is 31.4. The van der Waals surface area contributed by atoms with Crippen molar-refractivity contribution < 1.29 is 53.2 Å². The molecule has 0 saturated heterocycles. The molecule has 2 aliphatic heterocycles. The van der Waals surface area contributed by atoms with Crippen LogP contribution in [0.5, 0.6) is 28.7 Å². The molecule has 15 nitrogen and oxygen atoms in total. The second-order valence-electron chi connectivity index (χ2n) is 17.8. The van der Waals surface area contributed by atoms with E-state index < -0.39 is 34.4 Å². The van der Waals surface area contributed by atoms with Gasteiger partial charge in [-0.05, 0) is 112 Å². The van der Waals surface area contributed by atoms with Gasteiger partial charge in [-0.1, -0.05) is 48.4 Å². The maximum atomic E-state index is 14.8. The quantitative estimate of drug-likeness (QED) is 0.0448. The molecule has 348 valence electrons. The Kier molecular flexibility index (Phi) is 15.2. The van der Waals surface area contributed by atoms with Gasteiger partial charge in [0, 0.05) is 43.7 Å². The number of nitro groups is 1. The highest BCUT2D eigenvalue weighted by Crippen LogP contribution is 2.62. The summed E-state index contributed by atoms with van der Waals surface area (Å²) in [6.07, 6.45) is 9.84. The Balaban J connectivity index is 1.46. The third-order valence-corrected chi connectivity index (χ3v) is 12.3. The van der Waals surface area contributed by atoms with Crippen molar-refractivity contribution in [3.8, 4) is 28.7 Å². The molecule has 0 bridgehead atoms. The third kappa shape index (κ3) is 10.6. The van der Waals surface area contributed by atoms with E-state index in [2.05, 4.69) is 19.2 Å². The SMILES string of the molecule is C=CCCOC(=O)N(Cc1ccc2c(c1)OCO2)C1CC(=NOC(C)(C)C)C2=CC(CCCCO)C(CCCCO)C3c4cc(Oc5cccc([N+](=O)[O-])c5)ccc4OC1(OCC=C)C23. The number of hydrogen-bond donors (Lipinski definition) is 2. The molecule has 15 heteroatoms. The van der Waals surface area contributed by atoms with Crippen molar-refractivity contribution in [3.63, 3.8) is 0 Å². The zero-order chi connectivity index (χ0) is 46.1. The molecular formula is C50H61N3O12. The summed E-state index contributed by atoms with van der Waals surface area (Å²) in [5.74, 6) is -0.137. The van der Waals surface area contributed by atoms with Gasteiger partial charge in [-0.15, -0.1) is 13.2 Å². The highest BCUT2D eigenvalue weighted by Gasteiger charge is 2.66. The second kappa shape index (κ2) is 20.9. The number of nitro benzene ring substituents is 1. The van der Waals surface area contributed by atoms with Crippen molar-refractivity contribution in [2.75, 3.05) is 33.2 Å². The fourth-order valence-electron chi connectivity index (χ4n) is 9.55. The fourth-order valence-corrected chi connectivity index (χ4v) is 9.55. The largest absolute Gasteiger partial charge is 0.459 e. The Morgan fingerprint density at radius 1 is 0.969 bits per heavy atom. The molecule has 6 atom stereocenters. The smallest absolute Gasteiger partial charge is 0.410 e. The second-order valence-corrected chi connectivity index (χ2v) is 17.8. The van der Waals surface area contributed by atoms with Gasteiger partial charge in [0.2, 0.25) is 12.6 Å². The van der Waals surface area contributed by atoms with Crippen LogP contribution in [0.15, 0.2) is 103 Å². The van der Waals surface area contributed by atoms with Crippen LogP contribution in [0, 0.1) is 27.9 Å². The molecule has 1 saturated carbocycles. The number of aliphatic hydroxyl groups excluding tert-OH is 2. The number of rotatable bonds is 21. The average Bonchev–Trinajstić information content (AvgIpc) is 3.76. The molecule has 7 rings (SSSR count). The van der Waals surface area contributed by atoms with Crippen LogP contribution < -0.4 is 18.9 Å². The summed E-state index contributed by atoms with van der Waals surface area (Å²) in [4.78, 5) is 33.9. The minimum Gasteiger partial charge on any atom is -0.459 e. The first kappa shape index (κ1) is 47.1. The van der Waals surface area contributed by atoms with Gasteiger partial charge in [-0.2, -0.15) is 0 Å². The highest BCUT2D eigenvalue weighted by molar-refractivity contribution is 6.03. The van der Waals surface area contributed by atoms with Crippen LogP contribution in [0.2, 0.25) is 0 Å². The number of non-ortho nitro benzene ring substituents is 1. The number of carbonyl (C=O) groups is 1. The Bertz CT molecular complexity index is 2250. The lowest BCUT2D eigenvalue weighted by atomic mass is 9.55. The predicted octanol–water partition coefficient (Wildman–Crippen LogP) is 9.76. The Morgan fingerprint density at radius 2 is 1.72 bits per heavy atom. The Morgan fingerprint density at radius 3 is 2.46 bits per heavy atom. The number of hydrogen-bond acceptors (Lipinski definition) is 13. The summed E-state index contributed by atoms with van der Waals surface area (Å²) in [7, 11) is 0. The minimum atomic E-state index is -1.56. The van der Waals surface area contributed by atoms with Gasteiger partial charge in [0.25, 0.3) is 5.69 Å². The Labute approximate surface area is 380 Å². The number of fused-ring (bicyclic) bond motifs is 3. The lowest BCUT2D eigenvalue weighted by Crippen LogP contribution is -2.70. The number of oxime groups is 1. The summed E-state index contributed by atoms with van der Waals surface area (Å²) in [6, 6.07) is 16.2.